The molecule has 0 radical (unpaired) electrons. The fraction of sp³-hybridized carbons (Fsp3) is 0.320. The smallest absolute Gasteiger partial charge is 0.271 e. The highest BCUT2D eigenvalue weighted by Gasteiger charge is 2.35. The van der Waals surface area contributed by atoms with Gasteiger partial charge in [0.2, 0.25) is 5.91 Å². The van der Waals surface area contributed by atoms with Crippen LogP contribution in [0.2, 0.25) is 0 Å². The summed E-state index contributed by atoms with van der Waals surface area (Å²) in [4.78, 5) is 34.0. The number of amides is 2. The molecule has 1 N–H and O–H groups in total. The first kappa shape index (κ1) is 22.2. The van der Waals surface area contributed by atoms with Crippen LogP contribution < -0.4 is 10.2 Å². The Balaban J connectivity index is 1.74. The van der Waals surface area contributed by atoms with Crippen molar-refractivity contribution < 1.29 is 14.3 Å². The van der Waals surface area contributed by atoms with Crippen LogP contribution in [-0.2, 0) is 9.53 Å². The molecule has 0 aliphatic carbocycles. The Hall–Kier alpha value is -3.03. The highest BCUT2D eigenvalue weighted by atomic mass is 32.1. The molecule has 7 heteroatoms. The van der Waals surface area contributed by atoms with Crippen molar-refractivity contribution in [1.82, 2.24) is 10.3 Å². The quantitative estimate of drug-likeness (QED) is 0.579. The molecule has 2 atom stereocenters. The summed E-state index contributed by atoms with van der Waals surface area (Å²) >= 11 is 1.35. The molecule has 2 heterocycles. The molecule has 6 nitrogen and oxygen atoms in total. The second kappa shape index (κ2) is 10.1. The molecule has 0 saturated carbocycles. The van der Waals surface area contributed by atoms with Gasteiger partial charge in [0, 0.05) is 18.8 Å². The molecule has 2 aromatic carbocycles. The average molecular weight is 450 g/mol. The van der Waals surface area contributed by atoms with Crippen LogP contribution in [-0.4, -0.2) is 36.1 Å². The molecule has 1 fully saturated rings. The third-order valence-electron chi connectivity index (χ3n) is 5.50. The van der Waals surface area contributed by atoms with E-state index in [1.54, 1.807) is 4.90 Å². The lowest BCUT2D eigenvalue weighted by atomic mass is 10.0. The maximum atomic E-state index is 13.9. The Morgan fingerprint density at radius 2 is 1.81 bits per heavy atom. The Kier molecular flexibility index (Phi) is 6.97. The maximum Gasteiger partial charge on any atom is 0.271 e. The number of nitrogens with zero attached hydrogens (tertiary/aromatic N) is 2. The van der Waals surface area contributed by atoms with E-state index in [4.69, 9.17) is 4.74 Å². The highest BCUT2D eigenvalue weighted by molar-refractivity contribution is 7.13. The largest absolute Gasteiger partial charge is 0.376 e. The lowest BCUT2D eigenvalue weighted by Crippen LogP contribution is -2.45. The molecular formula is C25H27N3O3S. The monoisotopic (exact) mass is 449 g/mol. The molecule has 1 aromatic heterocycles. The molecular weight excluding hydrogens is 422 g/mol. The Morgan fingerprint density at radius 3 is 2.41 bits per heavy atom. The number of carbonyl (C=O) groups is 2. The van der Waals surface area contributed by atoms with Gasteiger partial charge in [-0.25, -0.2) is 4.98 Å². The predicted molar refractivity (Wildman–Crippen MR) is 126 cm³/mol. The molecule has 3 aromatic rings. The number of hydrogen-bond acceptors (Lipinski definition) is 5. The van der Waals surface area contributed by atoms with Crippen molar-refractivity contribution in [2.45, 2.75) is 38.8 Å². The van der Waals surface area contributed by atoms with Crippen molar-refractivity contribution in [2.24, 2.45) is 0 Å². The Labute approximate surface area is 192 Å². The Morgan fingerprint density at radius 1 is 1.12 bits per heavy atom. The van der Waals surface area contributed by atoms with E-state index >= 15 is 0 Å². The third-order valence-corrected chi connectivity index (χ3v) is 6.56. The molecule has 1 saturated heterocycles. The second-order valence-corrected chi connectivity index (χ2v) is 9.05. The van der Waals surface area contributed by atoms with E-state index in [0.29, 0.717) is 22.8 Å². The van der Waals surface area contributed by atoms with Crippen LogP contribution in [0.5, 0.6) is 0 Å². The number of rotatable bonds is 7. The lowest BCUT2D eigenvalue weighted by molar-refractivity contribution is -0.123. The molecule has 0 bridgehead atoms. The first-order valence-corrected chi connectivity index (χ1v) is 11.6. The van der Waals surface area contributed by atoms with Gasteiger partial charge in [-0.1, -0.05) is 48.5 Å². The summed E-state index contributed by atoms with van der Waals surface area (Å²) < 4.78 is 5.67. The number of anilines is 1. The zero-order valence-electron chi connectivity index (χ0n) is 18.3. The van der Waals surface area contributed by atoms with Crippen LogP contribution in [0.25, 0.3) is 0 Å². The SMILES string of the molecule is Cc1nc(C)c(C(=O)N(c2ccccc2)[C@@H](C(=O)NC[C@H]2CCCO2)c2ccccc2)s1. The first-order chi connectivity index (χ1) is 15.5. The summed E-state index contributed by atoms with van der Waals surface area (Å²) in [6.45, 7) is 4.86. The summed E-state index contributed by atoms with van der Waals surface area (Å²) in [7, 11) is 0. The predicted octanol–water partition coefficient (Wildman–Crippen LogP) is 4.44. The van der Waals surface area contributed by atoms with Gasteiger partial charge < -0.3 is 10.1 Å². The van der Waals surface area contributed by atoms with Crippen LogP contribution >= 0.6 is 11.3 Å². The number of benzene rings is 2. The van der Waals surface area contributed by atoms with E-state index in [9.17, 15) is 9.59 Å². The van der Waals surface area contributed by atoms with Gasteiger partial charge in [0.05, 0.1) is 16.8 Å². The van der Waals surface area contributed by atoms with Crippen LogP contribution in [0, 0.1) is 13.8 Å². The molecule has 0 spiro atoms. The molecule has 2 amide bonds. The molecule has 1 aliphatic rings. The molecule has 4 rings (SSSR count). The molecule has 0 unspecified atom stereocenters. The summed E-state index contributed by atoms with van der Waals surface area (Å²) in [6.07, 6.45) is 1.95. The summed E-state index contributed by atoms with van der Waals surface area (Å²) in [5.41, 5.74) is 2.07. The standard InChI is InChI=1S/C25H27N3O3S/c1-17-23(32-18(2)27-17)25(30)28(20-12-7-4-8-13-20)22(19-10-5-3-6-11-19)24(29)26-16-21-14-9-15-31-21/h3-8,10-13,21-22H,9,14-16H2,1-2H3,(H,26,29)/t21-,22-/m1/s1. The average Bonchev–Trinajstić information content (AvgIpc) is 3.45. The molecule has 32 heavy (non-hydrogen) atoms. The van der Waals surface area contributed by atoms with Crippen molar-refractivity contribution in [2.75, 3.05) is 18.1 Å². The second-order valence-electron chi connectivity index (χ2n) is 7.85. The van der Waals surface area contributed by atoms with Crippen molar-refractivity contribution in [3.8, 4) is 0 Å². The van der Waals surface area contributed by atoms with Crippen LogP contribution in [0.4, 0.5) is 5.69 Å². The number of aromatic nitrogens is 1. The highest BCUT2D eigenvalue weighted by Crippen LogP contribution is 2.32. The van der Waals surface area contributed by atoms with Crippen LogP contribution in [0.1, 0.15) is 44.8 Å². The lowest BCUT2D eigenvalue weighted by Gasteiger charge is -2.31. The summed E-state index contributed by atoms with van der Waals surface area (Å²) in [5, 5.41) is 3.85. The van der Waals surface area contributed by atoms with E-state index in [1.165, 1.54) is 11.3 Å². The van der Waals surface area contributed by atoms with Gasteiger partial charge in [0.1, 0.15) is 10.9 Å². The van der Waals surface area contributed by atoms with E-state index in [-0.39, 0.29) is 17.9 Å². The van der Waals surface area contributed by atoms with Gasteiger partial charge >= 0.3 is 0 Å². The van der Waals surface area contributed by atoms with Crippen molar-refractivity contribution in [3.05, 3.63) is 81.8 Å². The summed E-state index contributed by atoms with van der Waals surface area (Å²) in [6, 6.07) is 17.9. The maximum absolute atomic E-state index is 13.9. The number of para-hydroxylation sites is 1. The molecule has 1 aliphatic heterocycles. The topological polar surface area (TPSA) is 71.5 Å². The number of carbonyl (C=O) groups excluding carboxylic acids is 2. The number of hydrogen-bond donors (Lipinski definition) is 1. The van der Waals surface area contributed by atoms with Gasteiger partial charge in [-0.3, -0.25) is 14.5 Å². The zero-order valence-corrected chi connectivity index (χ0v) is 19.1. The number of nitrogens with one attached hydrogen (secondary N) is 1. The van der Waals surface area contributed by atoms with Crippen molar-refractivity contribution in [1.29, 1.82) is 0 Å². The van der Waals surface area contributed by atoms with E-state index in [1.807, 2.05) is 74.5 Å². The first-order valence-electron chi connectivity index (χ1n) is 10.8. The minimum absolute atomic E-state index is 0.0163. The van der Waals surface area contributed by atoms with E-state index in [2.05, 4.69) is 10.3 Å². The summed E-state index contributed by atoms with van der Waals surface area (Å²) in [5.74, 6) is -0.469. The van der Waals surface area contributed by atoms with Gasteiger partial charge in [-0.2, -0.15) is 0 Å². The van der Waals surface area contributed by atoms with Crippen LogP contribution in [0.3, 0.4) is 0 Å². The van der Waals surface area contributed by atoms with Crippen molar-refractivity contribution >= 4 is 28.8 Å². The van der Waals surface area contributed by atoms with E-state index in [0.717, 1.165) is 30.0 Å². The number of aryl methyl sites for hydroxylation is 2. The number of ether oxygens (including phenoxy) is 1. The third kappa shape index (κ3) is 4.89. The van der Waals surface area contributed by atoms with Gasteiger partial charge in [-0.05, 0) is 44.4 Å². The van der Waals surface area contributed by atoms with Crippen LogP contribution in [0.15, 0.2) is 60.7 Å². The minimum Gasteiger partial charge on any atom is -0.376 e. The van der Waals surface area contributed by atoms with Gasteiger partial charge in [-0.15, -0.1) is 11.3 Å². The minimum atomic E-state index is -0.825. The fourth-order valence-corrected chi connectivity index (χ4v) is 4.84. The van der Waals surface area contributed by atoms with E-state index < -0.39 is 6.04 Å². The Bertz CT molecular complexity index is 1060. The zero-order chi connectivity index (χ0) is 22.5. The number of thiazole rings is 1. The van der Waals surface area contributed by atoms with Crippen molar-refractivity contribution in [3.63, 3.8) is 0 Å². The van der Waals surface area contributed by atoms with Gasteiger partial charge in [0.25, 0.3) is 5.91 Å². The normalized spacial score (nSPS) is 16.5. The molecule has 166 valence electrons. The fourth-order valence-electron chi connectivity index (χ4n) is 3.98. The van der Waals surface area contributed by atoms with Gasteiger partial charge in [0.15, 0.2) is 0 Å².